The molecule has 6 aliphatic rings. The molecule has 2 fully saturated rings. The van der Waals surface area contributed by atoms with Crippen molar-refractivity contribution in [2.45, 2.75) is 74.8 Å². The Hall–Kier alpha value is -11.5. The van der Waals surface area contributed by atoms with Crippen molar-refractivity contribution < 1.29 is 142 Å². The molecule has 18 N–H and O–H groups in total. The number of aliphatic hydroxyl groups excluding tert-OH is 2. The van der Waals surface area contributed by atoms with Gasteiger partial charge in [0.2, 0.25) is 38.0 Å². The smallest absolute Gasteiger partial charge is 0.480 e. The molecule has 0 saturated carbocycles. The molecular formula is C84H104N22O30P6S2. The van der Waals surface area contributed by atoms with Crippen LogP contribution in [0.1, 0.15) is 58.9 Å². The Morgan fingerprint density at radius 2 is 0.882 bits per heavy atom. The van der Waals surface area contributed by atoms with E-state index < -0.39 is 121 Å². The number of rotatable bonds is 38. The monoisotopic (exact) mass is 2150 g/mol. The largest absolute Gasteiger partial charge is 0.766 e. The molecule has 4 aliphatic heterocycles. The Kier molecular flexibility index (Phi) is 35.1. The molecule has 52 nitrogen and oxygen atoms in total. The number of benzene rings is 6. The van der Waals surface area contributed by atoms with Gasteiger partial charge in [-0.1, -0.05) is 48.5 Å². The first-order valence-electron chi connectivity index (χ1n) is 43.5. The SMILES string of the molecule is CN(CCCC(=O)NCCNC(=O)O[C@@H]1[C@H](O)[C@@H](COP(=O)(O)OP(=O)(O)NP(=O)([O-])O)O[C@H]1n1cnc2c(N)ncnc21)C(=O)c1ccccc1-c1c2ccc(=[N+](C)C)cc-2sc2cc(N(C)C)ccc12.CN(CCCC(=O)NCCNC(=O)O[C@H]1[C@@H](O)[C@H](n2cnc3c(N)ncnc32)O[C@@H]1COP(=O)(O)OP(=O)(O)NP(=O)([O-])O)C(=O)c1ccccc1-c1c2ccc(=[N+](C)C)cc-2sc2cc(N(C)C)ccc12. The van der Waals surface area contributed by atoms with Crippen LogP contribution in [0.15, 0.2) is 147 Å². The number of anilines is 4. The highest BCUT2D eigenvalue weighted by molar-refractivity contribution is 7.71. The minimum Gasteiger partial charge on any atom is -0.766 e. The number of nitrogens with one attached hydrogen (secondary N) is 6. The molecule has 14 rings (SSSR count). The van der Waals surface area contributed by atoms with E-state index in [-0.39, 0.29) is 110 Å². The van der Waals surface area contributed by atoms with Crippen LogP contribution in [0, 0.1) is 0 Å². The van der Waals surface area contributed by atoms with Crippen molar-refractivity contribution in [2.24, 2.45) is 0 Å². The molecule has 6 unspecified atom stereocenters. The Balaban J connectivity index is 0.000000241. The number of phosphoric ester groups is 2. The quantitative estimate of drug-likeness (QED) is 0.0114. The van der Waals surface area contributed by atoms with Crippen molar-refractivity contribution in [3.63, 3.8) is 0 Å². The van der Waals surface area contributed by atoms with Crippen molar-refractivity contribution in [3.05, 3.63) is 168 Å². The van der Waals surface area contributed by atoms with Gasteiger partial charge in [-0.15, -0.1) is 22.7 Å². The maximum absolute atomic E-state index is 14.2. The first kappa shape index (κ1) is 110. The van der Waals surface area contributed by atoms with Crippen molar-refractivity contribution in [1.82, 2.24) is 89.0 Å². The number of nitrogens with two attached hydrogens (primary N) is 2. The first-order chi connectivity index (χ1) is 67.8. The van der Waals surface area contributed by atoms with E-state index in [1.165, 1.54) is 21.8 Å². The number of hydrogen-bond acceptors (Lipinski definition) is 36. The molecule has 4 aromatic carbocycles. The third kappa shape index (κ3) is 27.4. The van der Waals surface area contributed by atoms with Crippen LogP contribution in [0.5, 0.6) is 0 Å². The van der Waals surface area contributed by atoms with E-state index in [1.807, 2.05) is 112 Å². The van der Waals surface area contributed by atoms with E-state index in [9.17, 15) is 95.7 Å². The third-order valence-electron chi connectivity index (χ3n) is 22.4. The number of carbonyl (C=O) groups excluding carboxylic acids is 6. The molecule has 772 valence electrons. The van der Waals surface area contributed by atoms with Crippen LogP contribution < -0.4 is 81.9 Å². The predicted octanol–water partition coefficient (Wildman–Crippen LogP) is 3.60. The summed E-state index contributed by atoms with van der Waals surface area (Å²) in [4.78, 5) is 194. The Labute approximate surface area is 827 Å². The van der Waals surface area contributed by atoms with Gasteiger partial charge in [0, 0.05) is 182 Å². The molecule has 8 heterocycles. The van der Waals surface area contributed by atoms with E-state index in [4.69, 9.17) is 44.7 Å². The topological polar surface area (TPSA) is 717 Å². The van der Waals surface area contributed by atoms with Crippen LogP contribution in [0.4, 0.5) is 32.6 Å². The normalized spacial score (nSPS) is 19.3. The van der Waals surface area contributed by atoms with Gasteiger partial charge in [0.1, 0.15) is 76.3 Å². The van der Waals surface area contributed by atoms with Gasteiger partial charge in [0.25, 0.3) is 11.8 Å². The highest BCUT2D eigenvalue weighted by atomic mass is 32.1. The molecular weight excluding hydrogens is 2050 g/mol. The summed E-state index contributed by atoms with van der Waals surface area (Å²) in [6.45, 7) is -2.13. The van der Waals surface area contributed by atoms with Gasteiger partial charge in [-0.05, 0) is 83.6 Å². The lowest BCUT2D eigenvalue weighted by atomic mass is 9.91. The van der Waals surface area contributed by atoms with Crippen LogP contribution in [-0.2, 0) is 73.6 Å². The highest BCUT2D eigenvalue weighted by Crippen LogP contribution is 2.62. The van der Waals surface area contributed by atoms with Gasteiger partial charge in [0.05, 0.1) is 25.9 Å². The summed E-state index contributed by atoms with van der Waals surface area (Å²) >= 11 is 3.38. The van der Waals surface area contributed by atoms with Crippen LogP contribution in [0.2, 0.25) is 0 Å². The Bertz CT molecular complexity index is 7250. The number of phosphoric acid groups is 2. The number of carbonyl (C=O) groups is 6. The molecule has 0 radical (unpaired) electrons. The van der Waals surface area contributed by atoms with Crippen LogP contribution in [0.3, 0.4) is 0 Å². The molecule has 144 heavy (non-hydrogen) atoms. The summed E-state index contributed by atoms with van der Waals surface area (Å²) in [5, 5.41) is 36.8. The zero-order valence-electron chi connectivity index (χ0n) is 78.4. The number of aliphatic hydroxyl groups is 2. The van der Waals surface area contributed by atoms with Gasteiger partial charge in [-0.2, -0.15) is 18.3 Å². The number of amides is 6. The van der Waals surface area contributed by atoms with Crippen molar-refractivity contribution in [1.29, 1.82) is 0 Å². The number of hydrogen-bond donors (Lipinski definition) is 16. The van der Waals surface area contributed by atoms with E-state index in [0.717, 1.165) is 108 Å². The van der Waals surface area contributed by atoms with E-state index in [1.54, 1.807) is 58.7 Å². The van der Waals surface area contributed by atoms with Crippen LogP contribution in [0.25, 0.3) is 85.6 Å². The molecule has 0 spiro atoms. The number of alkyl carbamates (subject to hydrolysis) is 2. The zero-order valence-corrected chi connectivity index (χ0v) is 85.4. The lowest BCUT2D eigenvalue weighted by Crippen LogP contribution is -2.42. The second-order valence-electron chi connectivity index (χ2n) is 33.5. The summed E-state index contributed by atoms with van der Waals surface area (Å²) in [6, 6.07) is 40.2. The maximum Gasteiger partial charge on any atom is 0.480 e. The summed E-state index contributed by atoms with van der Waals surface area (Å²) < 4.78 is 119. The molecule has 6 amide bonds. The van der Waals surface area contributed by atoms with Gasteiger partial charge in [-0.25, -0.2) is 66.9 Å². The fourth-order valence-electron chi connectivity index (χ4n) is 15.6. The summed E-state index contributed by atoms with van der Waals surface area (Å²) in [5.41, 5.74) is 20.7. The molecule has 8 aromatic rings. The van der Waals surface area contributed by atoms with Crippen LogP contribution >= 0.6 is 69.3 Å². The highest BCUT2D eigenvalue weighted by Gasteiger charge is 2.52. The molecule has 2 aliphatic carbocycles. The number of fused-ring (bicyclic) bond motifs is 6. The lowest BCUT2D eigenvalue weighted by molar-refractivity contribution is -0.196. The number of imidazole rings is 2. The van der Waals surface area contributed by atoms with Gasteiger partial charge in [-0.3, -0.25) is 46.5 Å². The summed E-state index contributed by atoms with van der Waals surface area (Å²) in [6.07, 6.45) is -10.2. The number of ether oxygens (including phenoxy) is 4. The van der Waals surface area contributed by atoms with Gasteiger partial charge < -0.3 is 121 Å². The fourth-order valence-corrected chi connectivity index (χ4v) is 24.7. The Morgan fingerprint density at radius 3 is 1.30 bits per heavy atom. The number of aromatic nitrogens is 8. The number of nitrogen functional groups attached to an aromatic ring is 2. The average Bonchev–Trinajstić information content (AvgIpc) is 1.15. The summed E-state index contributed by atoms with van der Waals surface area (Å²) in [7, 11) is -14.7. The fraction of sp³-hybridized carbons (Fsp3) is 0.357. The maximum atomic E-state index is 14.2. The third-order valence-corrected chi connectivity index (χ3v) is 33.0. The lowest BCUT2D eigenvalue weighted by Gasteiger charge is -2.24. The van der Waals surface area contributed by atoms with Crippen molar-refractivity contribution in [2.75, 3.05) is 144 Å². The number of nitrogens with zero attached hydrogens (tertiary/aromatic N) is 14. The van der Waals surface area contributed by atoms with E-state index in [0.29, 0.717) is 24.0 Å². The predicted molar refractivity (Wildman–Crippen MR) is 524 cm³/mol. The molecule has 2 saturated heterocycles. The minimum atomic E-state index is -5.70. The van der Waals surface area contributed by atoms with E-state index >= 15 is 0 Å². The van der Waals surface area contributed by atoms with Crippen molar-refractivity contribution >= 4 is 171 Å². The molecule has 4 aromatic heterocycles. The second-order valence-corrected chi connectivity index (χ2v) is 45.2. The molecule has 0 bridgehead atoms. The average molecular weight is 2150 g/mol. The minimum absolute atomic E-state index is 0.0269. The van der Waals surface area contributed by atoms with E-state index in [2.05, 4.69) is 137 Å². The standard InChI is InChI=1S/2C42H52N11O15P3S/c1-50(2)24-12-14-28-31(19-24)72-32-20-25(51(3)4)13-15-29(32)34(28)26-9-6-7-10-27(26)40(56)52(5)18-8-11-33(54)44-16-17-45-42(57)67-37-30(21-65-71(63,64)68-70(61,62)49-69(58,59)60)66-41(36(37)55)53-23-48-35-38(43)46-22-47-39(35)53;1-50(2)24-12-14-28-31(19-24)72-32-20-25(51(3)4)13-15-29(32)34(28)26-9-6-7-10-27(26)40(56)52(5)18-8-11-33(54)44-16-17-45-42(57)67-37-36(55)30(21-65-71(63,64)68-70(61,62)49-69(58,59)60)66-41(37)53-23-48-35-38(43)46-22-47-39(35)53/h2*6-7,9-10,12-15,19-20,22-23,30,36-37,41,55H,8,11,16-18,21H2,1-5H3,(H8-,43,44,45,46,47,49,54,57,58,59,60,61,62,63,64)/t2*30-,36-,37-,41-/m11/s1. The molecule has 14 atom stereocenters. The molecule has 60 heteroatoms. The van der Waals surface area contributed by atoms with Gasteiger partial charge >= 0.3 is 43.3 Å². The summed E-state index contributed by atoms with van der Waals surface area (Å²) in [5.74, 6) is -1.25. The first-order valence-corrected chi connectivity index (χ1v) is 54.5. The van der Waals surface area contributed by atoms with Crippen molar-refractivity contribution in [3.8, 4) is 43.1 Å². The Morgan fingerprint density at radius 1 is 0.486 bits per heavy atom. The van der Waals surface area contributed by atoms with Gasteiger partial charge in [0.15, 0.2) is 47.6 Å². The zero-order chi connectivity index (χ0) is 105. The second kappa shape index (κ2) is 46.0. The van der Waals surface area contributed by atoms with Crippen LogP contribution in [-0.4, -0.2) is 284 Å².